The van der Waals surface area contributed by atoms with Crippen LogP contribution in [0.2, 0.25) is 0 Å². The van der Waals surface area contributed by atoms with Crippen LogP contribution in [-0.4, -0.2) is 52.5 Å². The minimum absolute atomic E-state index is 0.0292. The van der Waals surface area contributed by atoms with Crippen LogP contribution in [0.4, 0.5) is 11.4 Å². The highest BCUT2D eigenvalue weighted by atomic mass is 16.6. The molecule has 0 spiro atoms. The summed E-state index contributed by atoms with van der Waals surface area (Å²) in [6.45, 7) is 3.46. The van der Waals surface area contributed by atoms with Gasteiger partial charge in [-0.25, -0.2) is 9.59 Å². The summed E-state index contributed by atoms with van der Waals surface area (Å²) < 4.78 is 14.0. The van der Waals surface area contributed by atoms with E-state index in [2.05, 4.69) is 16.1 Å². The number of hydrogen-bond donors (Lipinski definition) is 2. The number of aromatic hydroxyl groups is 1. The largest absolute Gasteiger partial charge is 0.502 e. The summed E-state index contributed by atoms with van der Waals surface area (Å²) in [4.78, 5) is 42.9. The third-order valence-electron chi connectivity index (χ3n) is 4.69. The lowest BCUT2D eigenvalue weighted by Gasteiger charge is -2.08. The normalized spacial score (nSPS) is 13.4. The molecule has 13 heteroatoms. The molecule has 0 radical (unpaired) electrons. The number of allylic oxidation sites excluding steroid dienone is 1. The number of methoxy groups -OCH3 is 2. The maximum absolute atomic E-state index is 11.4. The molecule has 2 aromatic rings. The number of phenolic OH excluding ortho intramolecular Hbond substituents is 1. The number of benzene rings is 2. The van der Waals surface area contributed by atoms with Crippen molar-refractivity contribution in [2.45, 2.75) is 19.1 Å². The SMILES string of the molecule is C=CCc1c(C(=O)OC)ccc([N+](=O)[O-])c1O.COC(=O)c1ccc([N+](=O)[O-])c2c1CC(O)O2. The summed E-state index contributed by atoms with van der Waals surface area (Å²) in [5.41, 5.74) is -0.0153. The van der Waals surface area contributed by atoms with Crippen molar-refractivity contribution in [1.29, 1.82) is 0 Å². The molecule has 2 N–H and O–H groups in total. The summed E-state index contributed by atoms with van der Waals surface area (Å²) in [7, 11) is 2.40. The molecule has 34 heavy (non-hydrogen) atoms. The molecule has 1 aliphatic rings. The number of aliphatic hydroxyl groups excluding tert-OH is 1. The average molecular weight is 476 g/mol. The first kappa shape index (κ1) is 25.7. The molecule has 2 aromatic carbocycles. The van der Waals surface area contributed by atoms with Crippen LogP contribution in [0.25, 0.3) is 0 Å². The topological polar surface area (TPSA) is 189 Å². The van der Waals surface area contributed by atoms with Crippen molar-refractivity contribution in [2.24, 2.45) is 0 Å². The average Bonchev–Trinajstić information content (AvgIpc) is 3.19. The molecule has 0 saturated heterocycles. The fourth-order valence-corrected chi connectivity index (χ4v) is 3.17. The summed E-state index contributed by atoms with van der Waals surface area (Å²) in [6.07, 6.45) is 0.430. The van der Waals surface area contributed by atoms with Crippen LogP contribution in [0.5, 0.6) is 11.5 Å². The molecule has 0 aliphatic carbocycles. The van der Waals surface area contributed by atoms with E-state index in [1.54, 1.807) is 0 Å². The summed E-state index contributed by atoms with van der Waals surface area (Å²) in [5.74, 6) is -1.87. The highest BCUT2D eigenvalue weighted by molar-refractivity contribution is 5.93. The first-order valence-corrected chi connectivity index (χ1v) is 9.49. The van der Waals surface area contributed by atoms with Gasteiger partial charge in [-0.3, -0.25) is 20.2 Å². The maximum atomic E-state index is 11.4. The molecule has 0 aromatic heterocycles. The number of nitro benzene ring substituents is 2. The van der Waals surface area contributed by atoms with Gasteiger partial charge in [-0.05, 0) is 18.6 Å². The van der Waals surface area contributed by atoms with Crippen LogP contribution in [0, 0.1) is 20.2 Å². The van der Waals surface area contributed by atoms with Crippen molar-refractivity contribution >= 4 is 23.3 Å². The van der Waals surface area contributed by atoms with E-state index >= 15 is 0 Å². The summed E-state index contributed by atoms with van der Waals surface area (Å²) in [5, 5.41) is 40.4. The molecule has 0 amide bonds. The number of carbonyl (C=O) groups is 2. The molecule has 1 atom stereocenters. The number of aliphatic hydroxyl groups is 1. The van der Waals surface area contributed by atoms with E-state index in [9.17, 15) is 40.0 Å². The molecule has 1 unspecified atom stereocenters. The lowest BCUT2D eigenvalue weighted by molar-refractivity contribution is -0.386. The zero-order chi connectivity index (χ0) is 25.6. The zero-order valence-corrected chi connectivity index (χ0v) is 18.0. The lowest BCUT2D eigenvalue weighted by Crippen LogP contribution is -2.11. The Labute approximate surface area is 192 Å². The van der Waals surface area contributed by atoms with Gasteiger partial charge in [0.1, 0.15) is 0 Å². The Morgan fingerprint density at radius 1 is 1.09 bits per heavy atom. The first-order valence-electron chi connectivity index (χ1n) is 9.49. The van der Waals surface area contributed by atoms with Crippen LogP contribution < -0.4 is 4.74 Å². The summed E-state index contributed by atoms with van der Waals surface area (Å²) in [6, 6.07) is 4.77. The minimum Gasteiger partial charge on any atom is -0.502 e. The third-order valence-corrected chi connectivity index (χ3v) is 4.69. The number of phenols is 1. The Morgan fingerprint density at radius 2 is 1.62 bits per heavy atom. The molecule has 1 heterocycles. The van der Waals surface area contributed by atoms with Gasteiger partial charge in [0.25, 0.3) is 0 Å². The van der Waals surface area contributed by atoms with E-state index in [4.69, 9.17) is 4.74 Å². The standard InChI is InChI=1S/C11H11NO5.C10H9NO6/c1-3-4-7-8(11(14)17-2)5-6-9(10(7)13)12(15)16;1-16-10(13)5-2-3-7(11(14)15)9-6(5)4-8(12)17-9/h3,5-6,13H,1,4H2,2H3;2-3,8,12H,4H2,1H3. The molecule has 0 fully saturated rings. The number of nitro groups is 2. The van der Waals surface area contributed by atoms with Gasteiger partial charge in [0.2, 0.25) is 12.0 Å². The fraction of sp³-hybridized carbons (Fsp3) is 0.238. The highest BCUT2D eigenvalue weighted by Crippen LogP contribution is 2.39. The van der Waals surface area contributed by atoms with Crippen LogP contribution in [0.15, 0.2) is 36.9 Å². The van der Waals surface area contributed by atoms with E-state index in [1.165, 1.54) is 32.4 Å². The van der Waals surface area contributed by atoms with E-state index in [-0.39, 0.29) is 41.0 Å². The first-order chi connectivity index (χ1) is 16.1. The minimum atomic E-state index is -1.17. The van der Waals surface area contributed by atoms with Crippen LogP contribution >= 0.6 is 0 Å². The monoisotopic (exact) mass is 476 g/mol. The Kier molecular flexibility index (Phi) is 8.23. The Hall–Kier alpha value is -4.52. The molecule has 0 bridgehead atoms. The summed E-state index contributed by atoms with van der Waals surface area (Å²) >= 11 is 0. The van der Waals surface area contributed by atoms with Gasteiger partial charge < -0.3 is 24.4 Å². The Balaban J connectivity index is 0.000000240. The van der Waals surface area contributed by atoms with Crippen LogP contribution in [0.3, 0.4) is 0 Å². The smallest absolute Gasteiger partial charge is 0.338 e. The number of fused-ring (bicyclic) bond motifs is 1. The van der Waals surface area contributed by atoms with Crippen molar-refractivity contribution < 1.29 is 43.9 Å². The van der Waals surface area contributed by atoms with E-state index in [0.717, 1.165) is 12.1 Å². The number of rotatable bonds is 6. The van der Waals surface area contributed by atoms with Crippen molar-refractivity contribution in [2.75, 3.05) is 14.2 Å². The fourth-order valence-electron chi connectivity index (χ4n) is 3.17. The molecule has 0 saturated carbocycles. The number of nitrogens with zero attached hydrogens (tertiary/aromatic N) is 2. The predicted octanol–water partition coefficient (Wildman–Crippen LogP) is 2.45. The van der Waals surface area contributed by atoms with Gasteiger partial charge in [-0.15, -0.1) is 6.58 Å². The van der Waals surface area contributed by atoms with Crippen molar-refractivity contribution in [3.8, 4) is 11.5 Å². The van der Waals surface area contributed by atoms with Crippen LogP contribution in [0.1, 0.15) is 31.8 Å². The molecular weight excluding hydrogens is 456 g/mol. The number of carbonyl (C=O) groups excluding carboxylic acids is 2. The maximum Gasteiger partial charge on any atom is 0.338 e. The van der Waals surface area contributed by atoms with Gasteiger partial charge in [-0.1, -0.05) is 6.08 Å². The second-order valence-corrected chi connectivity index (χ2v) is 6.67. The van der Waals surface area contributed by atoms with Crippen molar-refractivity contribution in [3.05, 3.63) is 79.4 Å². The predicted molar refractivity (Wildman–Crippen MR) is 115 cm³/mol. The number of esters is 2. The molecular formula is C21H20N2O11. The number of hydrogen-bond acceptors (Lipinski definition) is 11. The van der Waals surface area contributed by atoms with E-state index < -0.39 is 39.5 Å². The Bertz CT molecular complexity index is 1160. The second kappa shape index (κ2) is 10.9. The zero-order valence-electron chi connectivity index (χ0n) is 18.0. The van der Waals surface area contributed by atoms with Gasteiger partial charge in [-0.2, -0.15) is 0 Å². The van der Waals surface area contributed by atoms with Crippen molar-refractivity contribution in [3.63, 3.8) is 0 Å². The second-order valence-electron chi connectivity index (χ2n) is 6.67. The highest BCUT2D eigenvalue weighted by Gasteiger charge is 2.33. The third kappa shape index (κ3) is 5.27. The molecule has 3 rings (SSSR count). The number of ether oxygens (including phenoxy) is 3. The van der Waals surface area contributed by atoms with Gasteiger partial charge >= 0.3 is 23.3 Å². The van der Waals surface area contributed by atoms with Crippen molar-refractivity contribution in [1.82, 2.24) is 0 Å². The van der Waals surface area contributed by atoms with Gasteiger partial charge in [0.05, 0.1) is 35.2 Å². The van der Waals surface area contributed by atoms with Crippen LogP contribution in [-0.2, 0) is 22.3 Å². The van der Waals surface area contributed by atoms with Gasteiger partial charge in [0.15, 0.2) is 5.75 Å². The van der Waals surface area contributed by atoms with E-state index in [1.807, 2.05) is 0 Å². The molecule has 1 aliphatic heterocycles. The molecule has 180 valence electrons. The van der Waals surface area contributed by atoms with Gasteiger partial charge in [0, 0.05) is 29.7 Å². The van der Waals surface area contributed by atoms with E-state index in [0.29, 0.717) is 5.56 Å². The molecule has 13 nitrogen and oxygen atoms in total. The Morgan fingerprint density at radius 3 is 2.15 bits per heavy atom. The lowest BCUT2D eigenvalue weighted by atomic mass is 10.0. The quantitative estimate of drug-likeness (QED) is 0.269.